The maximum absolute atomic E-state index is 15.0. The number of urea groups is 1. The number of hydrazone groups is 1. The van der Waals surface area contributed by atoms with Crippen molar-refractivity contribution in [3.63, 3.8) is 0 Å². The van der Waals surface area contributed by atoms with Gasteiger partial charge < -0.3 is 25.0 Å². The summed E-state index contributed by atoms with van der Waals surface area (Å²) in [5.74, 6) is 0.927. The van der Waals surface area contributed by atoms with Crippen LogP contribution in [0.1, 0.15) is 30.0 Å². The Kier molecular flexibility index (Phi) is 5.81. The number of nitrogens with zero attached hydrogens (tertiary/aromatic N) is 3. The Balaban J connectivity index is 1.66. The van der Waals surface area contributed by atoms with Gasteiger partial charge in [0.15, 0.2) is 11.5 Å². The molecule has 0 spiro atoms. The Labute approximate surface area is 198 Å². The fourth-order valence-electron chi connectivity index (χ4n) is 5.28. The molecule has 0 aliphatic carbocycles. The second kappa shape index (κ2) is 8.79. The number of ether oxygens (including phenoxy) is 2. The Hall–Kier alpha value is -3.33. The van der Waals surface area contributed by atoms with Crippen molar-refractivity contribution < 1.29 is 18.7 Å². The van der Waals surface area contributed by atoms with Gasteiger partial charge in [-0.1, -0.05) is 0 Å². The summed E-state index contributed by atoms with van der Waals surface area (Å²) < 4.78 is 26.1. The van der Waals surface area contributed by atoms with Crippen LogP contribution in [-0.4, -0.2) is 69.2 Å². The van der Waals surface area contributed by atoms with Gasteiger partial charge in [0.1, 0.15) is 5.82 Å². The van der Waals surface area contributed by atoms with Crippen LogP contribution in [0.15, 0.2) is 35.4 Å². The van der Waals surface area contributed by atoms with Gasteiger partial charge in [0.25, 0.3) is 0 Å². The van der Waals surface area contributed by atoms with Gasteiger partial charge in [-0.25, -0.2) is 14.2 Å². The van der Waals surface area contributed by atoms with Gasteiger partial charge in [-0.3, -0.25) is 0 Å². The van der Waals surface area contributed by atoms with Gasteiger partial charge in [0, 0.05) is 43.3 Å². The average molecular weight is 468 g/mol. The first-order valence-corrected chi connectivity index (χ1v) is 11.6. The number of halogens is 1. The van der Waals surface area contributed by atoms with Crippen LogP contribution in [0.5, 0.6) is 11.5 Å². The van der Waals surface area contributed by atoms with Crippen molar-refractivity contribution in [2.75, 3.05) is 39.3 Å². The van der Waals surface area contributed by atoms with E-state index in [1.165, 1.54) is 11.1 Å². The molecule has 0 saturated carbocycles. The highest BCUT2D eigenvalue weighted by Crippen LogP contribution is 2.36. The molecule has 2 saturated heterocycles. The molecule has 9 heteroatoms. The third-order valence-corrected chi connectivity index (χ3v) is 7.01. The zero-order valence-electron chi connectivity index (χ0n) is 19.9. The van der Waals surface area contributed by atoms with E-state index in [-0.39, 0.29) is 23.9 Å². The quantitative estimate of drug-likeness (QED) is 0.723. The zero-order chi connectivity index (χ0) is 24.0. The van der Waals surface area contributed by atoms with Crippen molar-refractivity contribution in [1.82, 2.24) is 15.6 Å². The molecule has 180 valence electrons. The summed E-state index contributed by atoms with van der Waals surface area (Å²) in [7, 11) is 4.77. The van der Waals surface area contributed by atoms with E-state index in [1.54, 1.807) is 27.3 Å². The number of anilines is 1. The number of nitrogens with one attached hydrogen (secondary N) is 2. The molecule has 0 aromatic heterocycles. The summed E-state index contributed by atoms with van der Waals surface area (Å²) in [6.07, 6.45) is 1.60. The number of fused-ring (bicyclic) bond motifs is 3. The van der Waals surface area contributed by atoms with Crippen molar-refractivity contribution in [3.8, 4) is 11.5 Å². The lowest BCUT2D eigenvalue weighted by Gasteiger charge is -2.30. The summed E-state index contributed by atoms with van der Waals surface area (Å²) in [4.78, 5) is 14.8. The largest absolute Gasteiger partial charge is 0.493 e. The van der Waals surface area contributed by atoms with Crippen LogP contribution >= 0.6 is 0 Å². The van der Waals surface area contributed by atoms with E-state index in [2.05, 4.69) is 15.5 Å². The summed E-state index contributed by atoms with van der Waals surface area (Å²) in [6, 6.07) is 9.06. The Morgan fingerprint density at radius 2 is 1.97 bits per heavy atom. The highest BCUT2D eigenvalue weighted by atomic mass is 19.1. The number of hydrogen-bond acceptors (Lipinski definition) is 6. The Bertz CT molecular complexity index is 1150. The van der Waals surface area contributed by atoms with Crippen LogP contribution in [-0.2, 0) is 6.42 Å². The molecule has 3 aliphatic rings. The molecule has 2 aromatic rings. The number of hydrogen-bond donors (Lipinski definition) is 2. The molecule has 3 heterocycles. The normalized spacial score (nSPS) is 23.3. The maximum Gasteiger partial charge on any atom is 0.337 e. The number of piperazine rings is 1. The second-order valence-electron chi connectivity index (χ2n) is 9.08. The van der Waals surface area contributed by atoms with Crippen LogP contribution in [0.3, 0.4) is 0 Å². The van der Waals surface area contributed by atoms with Gasteiger partial charge in [0.05, 0.1) is 31.7 Å². The third kappa shape index (κ3) is 3.73. The van der Waals surface area contributed by atoms with Crippen molar-refractivity contribution in [3.05, 3.63) is 52.8 Å². The first-order chi connectivity index (χ1) is 16.4. The van der Waals surface area contributed by atoms with Crippen molar-refractivity contribution in [1.29, 1.82) is 0 Å². The Morgan fingerprint density at radius 1 is 1.21 bits per heavy atom. The number of carbonyl (C=O) groups excluding carboxylic acids is 1. The summed E-state index contributed by atoms with van der Waals surface area (Å²) >= 11 is 0. The lowest BCUT2D eigenvalue weighted by molar-refractivity contribution is 0.184. The zero-order valence-corrected chi connectivity index (χ0v) is 19.9. The Morgan fingerprint density at radius 3 is 2.62 bits per heavy atom. The molecule has 2 fully saturated rings. The lowest BCUT2D eigenvalue weighted by Crippen LogP contribution is -2.44. The van der Waals surface area contributed by atoms with Gasteiger partial charge in [-0.15, -0.1) is 0 Å². The van der Waals surface area contributed by atoms with Crippen LogP contribution in [0.25, 0.3) is 0 Å². The highest BCUT2D eigenvalue weighted by molar-refractivity contribution is 6.15. The van der Waals surface area contributed by atoms with E-state index in [4.69, 9.17) is 14.6 Å². The fraction of sp³-hybridized carbons (Fsp3) is 0.440. The highest BCUT2D eigenvalue weighted by Gasteiger charge is 2.39. The SMILES string of the molecule is CNC(=O)N1N=C(c2ccc(F)c(N3CC4C[C@H]3CN4)c2)c2cc(OC)c(OC)cc2C[C@@H]1C. The average Bonchev–Trinajstić information content (AvgIpc) is 3.45. The molecule has 1 unspecified atom stereocenters. The van der Waals surface area contributed by atoms with Gasteiger partial charge in [-0.05, 0) is 55.7 Å². The molecule has 5 rings (SSSR count). The number of methoxy groups -OCH3 is 2. The molecular formula is C25H30FN5O3. The first-order valence-electron chi connectivity index (χ1n) is 11.6. The number of benzene rings is 2. The van der Waals surface area contributed by atoms with E-state index in [0.717, 1.165) is 36.2 Å². The van der Waals surface area contributed by atoms with Crippen molar-refractivity contribution in [2.45, 2.75) is 37.9 Å². The third-order valence-electron chi connectivity index (χ3n) is 7.01. The van der Waals surface area contributed by atoms with Crippen molar-refractivity contribution in [2.24, 2.45) is 5.10 Å². The molecule has 34 heavy (non-hydrogen) atoms. The van der Waals surface area contributed by atoms with Gasteiger partial charge in [0.2, 0.25) is 0 Å². The number of rotatable bonds is 4. The second-order valence-corrected chi connectivity index (χ2v) is 9.08. The number of amides is 2. The molecule has 3 atom stereocenters. The van der Waals surface area contributed by atoms with Gasteiger partial charge >= 0.3 is 6.03 Å². The molecule has 0 radical (unpaired) electrons. The first kappa shape index (κ1) is 22.5. The molecule has 2 N–H and O–H groups in total. The predicted octanol–water partition coefficient (Wildman–Crippen LogP) is 2.73. The fourth-order valence-corrected chi connectivity index (χ4v) is 5.28. The summed E-state index contributed by atoms with van der Waals surface area (Å²) in [5, 5.41) is 12.4. The van der Waals surface area contributed by atoms with Gasteiger partial charge in [-0.2, -0.15) is 5.10 Å². The van der Waals surface area contributed by atoms with E-state index in [9.17, 15) is 4.79 Å². The van der Waals surface area contributed by atoms with Crippen LogP contribution < -0.4 is 25.0 Å². The molecule has 8 nitrogen and oxygen atoms in total. The van der Waals surface area contributed by atoms with E-state index < -0.39 is 0 Å². The molecular weight excluding hydrogens is 437 g/mol. The predicted molar refractivity (Wildman–Crippen MR) is 129 cm³/mol. The minimum absolute atomic E-state index is 0.199. The number of carbonyl (C=O) groups is 1. The van der Waals surface area contributed by atoms with Crippen LogP contribution in [0, 0.1) is 5.82 Å². The molecule has 2 amide bonds. The van der Waals surface area contributed by atoms with Crippen LogP contribution in [0.4, 0.5) is 14.9 Å². The topological polar surface area (TPSA) is 78.4 Å². The lowest BCUT2D eigenvalue weighted by atomic mass is 9.93. The molecule has 2 bridgehead atoms. The molecule has 3 aliphatic heterocycles. The van der Waals surface area contributed by atoms with Crippen LogP contribution in [0.2, 0.25) is 0 Å². The minimum Gasteiger partial charge on any atom is -0.493 e. The standard InChI is InChI=1S/C25H30FN5O3/c1-14-7-16-9-22(33-3)23(34-4)11-19(16)24(29-31(14)25(32)27-2)15-5-6-20(26)21(8-15)30-13-17-10-18(30)12-28-17/h5-6,8-9,11,14,17-18,28H,7,10,12-13H2,1-4H3,(H,27,32)/t14-,17?,18-/m0/s1. The monoisotopic (exact) mass is 467 g/mol. The molecule has 2 aromatic carbocycles. The van der Waals surface area contributed by atoms with Crippen molar-refractivity contribution >= 4 is 17.4 Å². The smallest absolute Gasteiger partial charge is 0.337 e. The van der Waals surface area contributed by atoms with E-state index in [0.29, 0.717) is 35.4 Å². The summed E-state index contributed by atoms with van der Waals surface area (Å²) in [6.45, 7) is 3.59. The maximum atomic E-state index is 15.0. The summed E-state index contributed by atoms with van der Waals surface area (Å²) in [5.41, 5.74) is 3.71. The van der Waals surface area contributed by atoms with E-state index in [1.807, 2.05) is 25.1 Å². The van der Waals surface area contributed by atoms with E-state index >= 15 is 4.39 Å². The minimum atomic E-state index is -0.304.